The molecule has 0 aliphatic rings. The highest BCUT2D eigenvalue weighted by Gasteiger charge is 2.10. The van der Waals surface area contributed by atoms with Crippen LogP contribution >= 0.6 is 0 Å². The molecule has 1 aromatic heterocycles. The lowest BCUT2D eigenvalue weighted by Gasteiger charge is -2.09. The van der Waals surface area contributed by atoms with E-state index < -0.39 is 10.0 Å². The summed E-state index contributed by atoms with van der Waals surface area (Å²) >= 11 is 0. The number of aromatic nitrogens is 3. The summed E-state index contributed by atoms with van der Waals surface area (Å²) in [5.74, 6) is 1.55. The van der Waals surface area contributed by atoms with E-state index in [1.54, 1.807) is 30.8 Å². The molecule has 0 unspecified atom stereocenters. The third-order valence-corrected chi connectivity index (χ3v) is 5.21. The average Bonchev–Trinajstić information content (AvgIpc) is 3.11. The standard InChI is InChI=1S/C18H20N4O3S/c1-3-26(23,24)21-16-8-6-15(7-9-16)18-19-13-20-22(18)12-14-4-10-17(25-2)11-5-14/h4-11,13,21H,3,12H2,1-2H3. The van der Waals surface area contributed by atoms with Crippen molar-refractivity contribution in [2.24, 2.45) is 0 Å². The number of hydrogen-bond donors (Lipinski definition) is 1. The molecule has 7 nitrogen and oxygen atoms in total. The van der Waals surface area contributed by atoms with Crippen LogP contribution in [0.25, 0.3) is 11.4 Å². The van der Waals surface area contributed by atoms with Gasteiger partial charge in [0.05, 0.1) is 19.4 Å². The van der Waals surface area contributed by atoms with Gasteiger partial charge in [-0.15, -0.1) is 0 Å². The van der Waals surface area contributed by atoms with E-state index in [1.807, 2.05) is 36.4 Å². The van der Waals surface area contributed by atoms with Gasteiger partial charge in [-0.3, -0.25) is 4.72 Å². The maximum absolute atomic E-state index is 11.6. The lowest BCUT2D eigenvalue weighted by Crippen LogP contribution is -2.14. The minimum absolute atomic E-state index is 0.0327. The predicted octanol–water partition coefficient (Wildman–Crippen LogP) is 2.76. The van der Waals surface area contributed by atoms with Gasteiger partial charge in [-0.05, 0) is 48.9 Å². The van der Waals surface area contributed by atoms with Crippen molar-refractivity contribution in [1.29, 1.82) is 0 Å². The molecule has 3 rings (SSSR count). The number of rotatable bonds is 7. The van der Waals surface area contributed by atoms with Gasteiger partial charge in [0, 0.05) is 11.3 Å². The van der Waals surface area contributed by atoms with E-state index >= 15 is 0 Å². The SMILES string of the molecule is CCS(=O)(=O)Nc1ccc(-c2ncnn2Cc2ccc(OC)cc2)cc1. The van der Waals surface area contributed by atoms with Crippen LogP contribution in [-0.2, 0) is 16.6 Å². The minimum atomic E-state index is -3.29. The van der Waals surface area contributed by atoms with Gasteiger partial charge >= 0.3 is 0 Å². The molecule has 26 heavy (non-hydrogen) atoms. The summed E-state index contributed by atoms with van der Waals surface area (Å²) in [6.07, 6.45) is 1.51. The van der Waals surface area contributed by atoms with Crippen LogP contribution in [0.3, 0.4) is 0 Å². The zero-order chi connectivity index (χ0) is 18.6. The van der Waals surface area contributed by atoms with E-state index in [0.29, 0.717) is 18.1 Å². The predicted molar refractivity (Wildman–Crippen MR) is 101 cm³/mol. The van der Waals surface area contributed by atoms with Crippen LogP contribution in [0.2, 0.25) is 0 Å². The molecule has 3 aromatic rings. The summed E-state index contributed by atoms with van der Waals surface area (Å²) in [6.45, 7) is 2.17. The van der Waals surface area contributed by atoms with Gasteiger partial charge in [0.15, 0.2) is 5.82 Å². The van der Waals surface area contributed by atoms with Gasteiger partial charge in [-0.25, -0.2) is 18.1 Å². The molecular formula is C18H20N4O3S. The van der Waals surface area contributed by atoms with Crippen LogP contribution in [0.5, 0.6) is 5.75 Å². The van der Waals surface area contributed by atoms with E-state index in [2.05, 4.69) is 14.8 Å². The van der Waals surface area contributed by atoms with Crippen molar-refractivity contribution in [1.82, 2.24) is 14.8 Å². The molecule has 0 aliphatic carbocycles. The van der Waals surface area contributed by atoms with Crippen molar-refractivity contribution in [2.75, 3.05) is 17.6 Å². The number of sulfonamides is 1. The molecule has 0 amide bonds. The summed E-state index contributed by atoms with van der Waals surface area (Å²) in [7, 11) is -1.65. The smallest absolute Gasteiger partial charge is 0.232 e. The summed E-state index contributed by atoms with van der Waals surface area (Å²) in [6, 6.07) is 14.8. The van der Waals surface area contributed by atoms with Crippen LogP contribution in [0.4, 0.5) is 5.69 Å². The molecule has 0 aliphatic heterocycles. The quantitative estimate of drug-likeness (QED) is 0.689. The van der Waals surface area contributed by atoms with Gasteiger partial charge in [-0.2, -0.15) is 5.10 Å². The van der Waals surface area contributed by atoms with Crippen molar-refractivity contribution in [3.63, 3.8) is 0 Å². The summed E-state index contributed by atoms with van der Waals surface area (Å²) in [4.78, 5) is 4.33. The maximum Gasteiger partial charge on any atom is 0.232 e. The van der Waals surface area contributed by atoms with Gasteiger partial charge in [0.1, 0.15) is 12.1 Å². The highest BCUT2D eigenvalue weighted by molar-refractivity contribution is 7.92. The van der Waals surface area contributed by atoms with Crippen molar-refractivity contribution in [2.45, 2.75) is 13.5 Å². The number of nitrogens with one attached hydrogen (secondary N) is 1. The second-order valence-electron chi connectivity index (χ2n) is 5.67. The highest BCUT2D eigenvalue weighted by Crippen LogP contribution is 2.21. The van der Waals surface area contributed by atoms with Crippen LogP contribution in [0.15, 0.2) is 54.9 Å². The second-order valence-corrected chi connectivity index (χ2v) is 7.68. The summed E-state index contributed by atoms with van der Waals surface area (Å²) in [5.41, 5.74) is 2.46. The first-order valence-electron chi connectivity index (χ1n) is 8.12. The topological polar surface area (TPSA) is 86.1 Å². The third kappa shape index (κ3) is 4.20. The largest absolute Gasteiger partial charge is 0.497 e. The fourth-order valence-electron chi connectivity index (χ4n) is 2.45. The number of benzene rings is 2. The van der Waals surface area contributed by atoms with Crippen LogP contribution in [-0.4, -0.2) is 36.0 Å². The molecule has 0 atom stereocenters. The molecule has 1 N–H and O–H groups in total. The van der Waals surface area contributed by atoms with E-state index in [-0.39, 0.29) is 5.75 Å². The van der Waals surface area contributed by atoms with Crippen molar-refractivity contribution in [3.8, 4) is 17.1 Å². The van der Waals surface area contributed by atoms with E-state index in [1.165, 1.54) is 6.33 Å². The Hall–Kier alpha value is -2.87. The number of hydrogen-bond acceptors (Lipinski definition) is 5. The number of nitrogens with zero attached hydrogens (tertiary/aromatic N) is 3. The van der Waals surface area contributed by atoms with E-state index in [0.717, 1.165) is 16.9 Å². The van der Waals surface area contributed by atoms with Gasteiger partial charge in [-0.1, -0.05) is 12.1 Å². The maximum atomic E-state index is 11.6. The van der Waals surface area contributed by atoms with Crippen molar-refractivity contribution < 1.29 is 13.2 Å². The Labute approximate surface area is 152 Å². The highest BCUT2D eigenvalue weighted by atomic mass is 32.2. The molecule has 2 aromatic carbocycles. The fraction of sp³-hybridized carbons (Fsp3) is 0.222. The first-order chi connectivity index (χ1) is 12.5. The van der Waals surface area contributed by atoms with E-state index in [4.69, 9.17) is 4.74 Å². The monoisotopic (exact) mass is 372 g/mol. The fourth-order valence-corrected chi connectivity index (χ4v) is 3.09. The molecule has 136 valence electrons. The number of anilines is 1. The summed E-state index contributed by atoms with van der Waals surface area (Å²) < 4.78 is 32.8. The van der Waals surface area contributed by atoms with Crippen LogP contribution in [0, 0.1) is 0 Å². The van der Waals surface area contributed by atoms with E-state index in [9.17, 15) is 8.42 Å². The Bertz CT molecular complexity index is 964. The number of methoxy groups -OCH3 is 1. The molecule has 0 fully saturated rings. The molecule has 0 bridgehead atoms. The minimum Gasteiger partial charge on any atom is -0.497 e. The second kappa shape index (κ2) is 7.57. The Morgan fingerprint density at radius 2 is 1.77 bits per heavy atom. The Morgan fingerprint density at radius 1 is 1.08 bits per heavy atom. The molecule has 1 heterocycles. The van der Waals surface area contributed by atoms with Crippen molar-refractivity contribution in [3.05, 3.63) is 60.4 Å². The Balaban J connectivity index is 1.79. The van der Waals surface area contributed by atoms with Crippen LogP contribution < -0.4 is 9.46 Å². The Morgan fingerprint density at radius 3 is 2.38 bits per heavy atom. The molecule has 0 saturated heterocycles. The zero-order valence-electron chi connectivity index (χ0n) is 14.6. The first-order valence-corrected chi connectivity index (χ1v) is 9.77. The molecule has 8 heteroatoms. The van der Waals surface area contributed by atoms with Gasteiger partial charge < -0.3 is 4.74 Å². The average molecular weight is 372 g/mol. The number of ether oxygens (including phenoxy) is 1. The third-order valence-electron chi connectivity index (χ3n) is 3.90. The lowest BCUT2D eigenvalue weighted by molar-refractivity contribution is 0.414. The summed E-state index contributed by atoms with van der Waals surface area (Å²) in [5, 5.41) is 4.29. The van der Waals surface area contributed by atoms with Crippen LogP contribution in [0.1, 0.15) is 12.5 Å². The normalized spacial score (nSPS) is 11.3. The Kier molecular flexibility index (Phi) is 5.22. The van der Waals surface area contributed by atoms with Gasteiger partial charge in [0.25, 0.3) is 0 Å². The molecule has 0 spiro atoms. The van der Waals surface area contributed by atoms with Crippen molar-refractivity contribution >= 4 is 15.7 Å². The zero-order valence-corrected chi connectivity index (χ0v) is 15.4. The lowest BCUT2D eigenvalue weighted by atomic mass is 10.2. The first kappa shape index (κ1) is 17.9. The molecular weight excluding hydrogens is 352 g/mol. The molecule has 0 saturated carbocycles. The molecule has 0 radical (unpaired) electrons. The van der Waals surface area contributed by atoms with Gasteiger partial charge in [0.2, 0.25) is 10.0 Å².